The summed E-state index contributed by atoms with van der Waals surface area (Å²) in [5.74, 6) is 0.0727. The zero-order valence-electron chi connectivity index (χ0n) is 17.9. The number of amides is 2. The molecule has 0 aliphatic carbocycles. The van der Waals surface area contributed by atoms with E-state index in [0.717, 1.165) is 21.2 Å². The highest BCUT2D eigenvalue weighted by atomic mass is 32.2. The van der Waals surface area contributed by atoms with Crippen molar-refractivity contribution in [3.63, 3.8) is 0 Å². The number of thioether (sulfide) groups is 1. The van der Waals surface area contributed by atoms with Crippen LogP contribution in [0.4, 0.5) is 5.69 Å². The number of carbonyl (C=O) groups is 2. The van der Waals surface area contributed by atoms with Crippen LogP contribution in [0.2, 0.25) is 0 Å². The molecule has 3 aromatic rings. The monoisotopic (exact) mass is 452 g/mol. The molecule has 2 aromatic carbocycles. The molecule has 8 heteroatoms. The molecular formula is C23H24N4O2S2. The zero-order chi connectivity index (χ0) is 22.4. The van der Waals surface area contributed by atoms with Crippen LogP contribution in [0.15, 0.2) is 69.5 Å². The fourth-order valence-corrected chi connectivity index (χ4v) is 4.59. The fourth-order valence-electron chi connectivity index (χ4n) is 2.70. The van der Waals surface area contributed by atoms with E-state index in [4.69, 9.17) is 0 Å². The van der Waals surface area contributed by atoms with Crippen LogP contribution < -0.4 is 5.32 Å². The van der Waals surface area contributed by atoms with Crippen molar-refractivity contribution in [2.45, 2.75) is 28.8 Å². The van der Waals surface area contributed by atoms with Crippen molar-refractivity contribution in [3.8, 4) is 0 Å². The van der Waals surface area contributed by atoms with E-state index in [1.165, 1.54) is 23.5 Å². The number of aryl methyl sites for hydroxylation is 2. The van der Waals surface area contributed by atoms with Crippen LogP contribution in [0.5, 0.6) is 0 Å². The Morgan fingerprint density at radius 1 is 0.968 bits per heavy atom. The highest BCUT2D eigenvalue weighted by Crippen LogP contribution is 2.27. The first kappa shape index (κ1) is 22.8. The third-order valence-electron chi connectivity index (χ3n) is 4.26. The molecule has 0 radical (unpaired) electrons. The summed E-state index contributed by atoms with van der Waals surface area (Å²) >= 11 is 2.84. The van der Waals surface area contributed by atoms with Gasteiger partial charge in [0, 0.05) is 41.0 Å². The van der Waals surface area contributed by atoms with Gasteiger partial charge >= 0.3 is 0 Å². The molecule has 1 heterocycles. The van der Waals surface area contributed by atoms with Crippen LogP contribution in [0.25, 0.3) is 0 Å². The summed E-state index contributed by atoms with van der Waals surface area (Å²) in [5.41, 5.74) is 3.10. The molecule has 6 nitrogen and oxygen atoms in total. The topological polar surface area (TPSA) is 75.2 Å². The highest BCUT2D eigenvalue weighted by Gasteiger charge is 2.14. The Balaban J connectivity index is 1.66. The molecule has 1 N–H and O–H groups in total. The maximum atomic E-state index is 12.8. The van der Waals surface area contributed by atoms with Crippen molar-refractivity contribution in [3.05, 3.63) is 71.5 Å². The molecule has 0 unspecified atom stereocenters. The van der Waals surface area contributed by atoms with Crippen molar-refractivity contribution in [1.82, 2.24) is 14.9 Å². The minimum atomic E-state index is -0.210. The van der Waals surface area contributed by atoms with Gasteiger partial charge in [0.1, 0.15) is 0 Å². The number of nitrogens with one attached hydrogen (secondary N) is 1. The van der Waals surface area contributed by atoms with Gasteiger partial charge in [0.15, 0.2) is 5.16 Å². The quantitative estimate of drug-likeness (QED) is 0.414. The number of aromatic nitrogens is 2. The Morgan fingerprint density at radius 2 is 1.61 bits per heavy atom. The fraction of sp³-hybridized carbons (Fsp3) is 0.217. The summed E-state index contributed by atoms with van der Waals surface area (Å²) in [5, 5.41) is 3.63. The minimum absolute atomic E-state index is 0.00100. The summed E-state index contributed by atoms with van der Waals surface area (Å²) in [4.78, 5) is 36.9. The molecule has 0 aliphatic heterocycles. The second-order valence-electron chi connectivity index (χ2n) is 7.09. The van der Waals surface area contributed by atoms with Crippen molar-refractivity contribution in [2.75, 3.05) is 25.2 Å². The first-order valence-corrected chi connectivity index (χ1v) is 11.5. The number of nitrogens with zero attached hydrogens (tertiary/aromatic N) is 3. The predicted molar refractivity (Wildman–Crippen MR) is 126 cm³/mol. The lowest BCUT2D eigenvalue weighted by Crippen LogP contribution is -2.23. The summed E-state index contributed by atoms with van der Waals surface area (Å²) in [6.45, 7) is 3.90. The lowest BCUT2D eigenvalue weighted by molar-refractivity contribution is -0.125. The van der Waals surface area contributed by atoms with E-state index in [1.807, 2.05) is 62.4 Å². The van der Waals surface area contributed by atoms with Crippen LogP contribution in [0.3, 0.4) is 0 Å². The predicted octanol–water partition coefficient (Wildman–Crippen LogP) is 4.68. The standard InChI is InChI=1S/C23H24N4O2S2/c1-15-13-16(2)25-23(24-15)31-18-11-9-17(10-12-18)26-22(29)19-7-5-6-8-20(19)30-14-21(28)27(3)4/h5-13H,14H2,1-4H3,(H,26,29). The Kier molecular flexibility index (Phi) is 7.70. The molecule has 3 rings (SSSR count). The Hall–Kier alpha value is -2.84. The third kappa shape index (κ3) is 6.57. The summed E-state index contributed by atoms with van der Waals surface area (Å²) in [6.07, 6.45) is 0. The maximum absolute atomic E-state index is 12.8. The normalized spacial score (nSPS) is 10.6. The lowest BCUT2D eigenvalue weighted by atomic mass is 10.2. The van der Waals surface area contributed by atoms with Gasteiger partial charge in [0.2, 0.25) is 5.91 Å². The Bertz CT molecular complexity index is 1060. The van der Waals surface area contributed by atoms with Gasteiger partial charge in [0.05, 0.1) is 11.3 Å². The van der Waals surface area contributed by atoms with Crippen molar-refractivity contribution < 1.29 is 9.59 Å². The van der Waals surface area contributed by atoms with Crippen LogP contribution in [-0.4, -0.2) is 46.5 Å². The maximum Gasteiger partial charge on any atom is 0.256 e. The largest absolute Gasteiger partial charge is 0.348 e. The molecule has 0 fully saturated rings. The minimum Gasteiger partial charge on any atom is -0.348 e. The summed E-state index contributed by atoms with van der Waals surface area (Å²) < 4.78 is 0. The molecule has 0 bridgehead atoms. The SMILES string of the molecule is Cc1cc(C)nc(Sc2ccc(NC(=O)c3ccccc3SCC(=O)N(C)C)cc2)n1. The van der Waals surface area contributed by atoms with Gasteiger partial charge in [-0.25, -0.2) is 9.97 Å². The van der Waals surface area contributed by atoms with Crippen LogP contribution in [0, 0.1) is 13.8 Å². The van der Waals surface area contributed by atoms with Gasteiger partial charge < -0.3 is 10.2 Å². The molecule has 0 saturated heterocycles. The number of anilines is 1. The molecule has 0 spiro atoms. The highest BCUT2D eigenvalue weighted by molar-refractivity contribution is 8.00. The van der Waals surface area contributed by atoms with Gasteiger partial charge in [0.25, 0.3) is 5.91 Å². The Morgan fingerprint density at radius 3 is 2.26 bits per heavy atom. The average molecular weight is 453 g/mol. The first-order valence-electron chi connectivity index (χ1n) is 9.65. The molecule has 2 amide bonds. The molecule has 0 atom stereocenters. The van der Waals surface area contributed by atoms with Gasteiger partial charge in [-0.05, 0) is 68.1 Å². The second kappa shape index (κ2) is 10.5. The summed E-state index contributed by atoms with van der Waals surface area (Å²) in [7, 11) is 3.44. The van der Waals surface area contributed by atoms with E-state index >= 15 is 0 Å². The van der Waals surface area contributed by atoms with Crippen molar-refractivity contribution in [2.24, 2.45) is 0 Å². The average Bonchev–Trinajstić information content (AvgIpc) is 2.72. The molecular weight excluding hydrogens is 428 g/mol. The smallest absolute Gasteiger partial charge is 0.256 e. The molecule has 1 aromatic heterocycles. The lowest BCUT2D eigenvalue weighted by Gasteiger charge is -2.12. The molecule has 0 aliphatic rings. The molecule has 0 saturated carbocycles. The number of hydrogen-bond acceptors (Lipinski definition) is 6. The zero-order valence-corrected chi connectivity index (χ0v) is 19.5. The van der Waals surface area contributed by atoms with Gasteiger partial charge in [-0.3, -0.25) is 9.59 Å². The van der Waals surface area contributed by atoms with Gasteiger partial charge in [-0.1, -0.05) is 12.1 Å². The van der Waals surface area contributed by atoms with E-state index in [-0.39, 0.29) is 17.6 Å². The summed E-state index contributed by atoms with van der Waals surface area (Å²) in [6, 6.07) is 16.8. The van der Waals surface area contributed by atoms with E-state index in [2.05, 4.69) is 15.3 Å². The Labute approximate surface area is 190 Å². The van der Waals surface area contributed by atoms with E-state index in [1.54, 1.807) is 25.1 Å². The van der Waals surface area contributed by atoms with Crippen molar-refractivity contribution >= 4 is 41.0 Å². The van der Waals surface area contributed by atoms with E-state index in [9.17, 15) is 9.59 Å². The van der Waals surface area contributed by atoms with Gasteiger partial charge in [-0.2, -0.15) is 0 Å². The second-order valence-corrected chi connectivity index (χ2v) is 9.14. The van der Waals surface area contributed by atoms with Crippen LogP contribution in [0.1, 0.15) is 21.7 Å². The molecule has 31 heavy (non-hydrogen) atoms. The van der Waals surface area contributed by atoms with E-state index < -0.39 is 0 Å². The number of rotatable bonds is 7. The van der Waals surface area contributed by atoms with Crippen LogP contribution >= 0.6 is 23.5 Å². The number of benzene rings is 2. The van der Waals surface area contributed by atoms with E-state index in [0.29, 0.717) is 16.4 Å². The van der Waals surface area contributed by atoms with Crippen molar-refractivity contribution in [1.29, 1.82) is 0 Å². The third-order valence-corrected chi connectivity index (χ3v) is 6.20. The molecule has 160 valence electrons. The van der Waals surface area contributed by atoms with Gasteiger partial charge in [-0.15, -0.1) is 11.8 Å². The number of carbonyl (C=O) groups excluding carboxylic acids is 2. The first-order chi connectivity index (χ1) is 14.8. The van der Waals surface area contributed by atoms with Crippen LogP contribution in [-0.2, 0) is 4.79 Å². The number of hydrogen-bond donors (Lipinski definition) is 1.